The molecule has 20 heavy (non-hydrogen) atoms. The molecule has 4 N–H and O–H groups in total. The van der Waals surface area contributed by atoms with Crippen LogP contribution in [0.1, 0.15) is 32.1 Å². The molecule has 0 spiro atoms. The Morgan fingerprint density at radius 1 is 1.40 bits per heavy atom. The van der Waals surface area contributed by atoms with Gasteiger partial charge in [-0.05, 0) is 12.8 Å². The van der Waals surface area contributed by atoms with Gasteiger partial charge in [-0.3, -0.25) is 9.58 Å². The van der Waals surface area contributed by atoms with Crippen molar-refractivity contribution in [2.75, 3.05) is 25.4 Å². The Morgan fingerprint density at radius 3 is 2.75 bits per heavy atom. The summed E-state index contributed by atoms with van der Waals surface area (Å²) in [6.07, 6.45) is 8.94. The molecule has 0 bridgehead atoms. The van der Waals surface area contributed by atoms with Crippen molar-refractivity contribution in [3.8, 4) is 0 Å². The molecule has 6 heteroatoms. The molecule has 1 aliphatic carbocycles. The Morgan fingerprint density at radius 2 is 2.15 bits per heavy atom. The molecule has 0 saturated heterocycles. The summed E-state index contributed by atoms with van der Waals surface area (Å²) in [5.41, 5.74) is 6.22. The zero-order valence-electron chi connectivity index (χ0n) is 12.0. The minimum absolute atomic E-state index is 0.137. The van der Waals surface area contributed by atoms with E-state index in [2.05, 4.69) is 10.00 Å². The molecular formula is C14H26N4O2. The SMILES string of the molecule is Nc1cnn(CC(O)CN(CCO)C2CCCCC2)c1. The standard InChI is InChI=1S/C14H26N4O2/c15-12-8-16-18(9-12)11-14(20)10-17(6-7-19)13-4-2-1-3-5-13/h8-9,13-14,19-20H,1-7,10-11,15H2. The topological polar surface area (TPSA) is 87.5 Å². The average molecular weight is 282 g/mol. The quantitative estimate of drug-likeness (QED) is 0.676. The summed E-state index contributed by atoms with van der Waals surface area (Å²) in [4.78, 5) is 2.22. The molecule has 6 nitrogen and oxygen atoms in total. The number of nitrogens with zero attached hydrogens (tertiary/aromatic N) is 3. The minimum Gasteiger partial charge on any atom is -0.396 e. The molecule has 1 fully saturated rings. The van der Waals surface area contributed by atoms with Crippen LogP contribution in [-0.2, 0) is 6.54 Å². The van der Waals surface area contributed by atoms with E-state index in [0.29, 0.717) is 31.4 Å². The molecule has 1 saturated carbocycles. The summed E-state index contributed by atoms with van der Waals surface area (Å²) < 4.78 is 1.66. The maximum Gasteiger partial charge on any atom is 0.0862 e. The van der Waals surface area contributed by atoms with Crippen LogP contribution in [0.25, 0.3) is 0 Å². The highest BCUT2D eigenvalue weighted by Crippen LogP contribution is 2.22. The zero-order valence-corrected chi connectivity index (χ0v) is 12.0. The van der Waals surface area contributed by atoms with E-state index in [1.807, 2.05) is 0 Å². The van der Waals surface area contributed by atoms with E-state index < -0.39 is 6.10 Å². The number of rotatable bonds is 7. The first kappa shape index (κ1) is 15.3. The first-order valence-corrected chi connectivity index (χ1v) is 7.50. The molecule has 1 unspecified atom stereocenters. The van der Waals surface area contributed by atoms with Crippen LogP contribution in [-0.4, -0.2) is 56.7 Å². The van der Waals surface area contributed by atoms with E-state index in [-0.39, 0.29) is 6.61 Å². The summed E-state index contributed by atoms with van der Waals surface area (Å²) in [6.45, 7) is 1.78. The van der Waals surface area contributed by atoms with Crippen LogP contribution in [0, 0.1) is 0 Å². The number of nitrogens with two attached hydrogens (primary N) is 1. The van der Waals surface area contributed by atoms with Gasteiger partial charge in [0.15, 0.2) is 0 Å². The number of hydrogen-bond acceptors (Lipinski definition) is 5. The second-order valence-electron chi connectivity index (χ2n) is 5.66. The van der Waals surface area contributed by atoms with Crippen LogP contribution in [0.2, 0.25) is 0 Å². The fourth-order valence-corrected chi connectivity index (χ4v) is 3.02. The lowest BCUT2D eigenvalue weighted by Gasteiger charge is -2.35. The fraction of sp³-hybridized carbons (Fsp3) is 0.786. The third-order valence-electron chi connectivity index (χ3n) is 3.97. The van der Waals surface area contributed by atoms with Gasteiger partial charge in [-0.25, -0.2) is 0 Å². The predicted molar refractivity (Wildman–Crippen MR) is 78.2 cm³/mol. The van der Waals surface area contributed by atoms with Gasteiger partial charge in [0, 0.05) is 25.3 Å². The van der Waals surface area contributed by atoms with E-state index in [1.54, 1.807) is 17.1 Å². The largest absolute Gasteiger partial charge is 0.396 e. The van der Waals surface area contributed by atoms with Gasteiger partial charge in [0.2, 0.25) is 0 Å². The van der Waals surface area contributed by atoms with Crippen molar-refractivity contribution < 1.29 is 10.2 Å². The number of nitrogen functional groups attached to an aromatic ring is 1. The predicted octanol–water partition coefficient (Wildman–Crippen LogP) is 0.453. The van der Waals surface area contributed by atoms with Gasteiger partial charge < -0.3 is 15.9 Å². The molecule has 1 aromatic heterocycles. The number of hydrogen-bond donors (Lipinski definition) is 3. The number of aliphatic hydroxyl groups excluding tert-OH is 2. The summed E-state index contributed by atoms with van der Waals surface area (Å²) in [5, 5.41) is 23.5. The van der Waals surface area contributed by atoms with Crippen molar-refractivity contribution in [1.29, 1.82) is 0 Å². The molecule has 1 aliphatic rings. The molecule has 0 aromatic carbocycles. The van der Waals surface area contributed by atoms with Gasteiger partial charge in [0.05, 0.1) is 31.1 Å². The normalized spacial score (nSPS) is 18.6. The highest BCUT2D eigenvalue weighted by atomic mass is 16.3. The van der Waals surface area contributed by atoms with Crippen LogP contribution >= 0.6 is 0 Å². The van der Waals surface area contributed by atoms with Crippen molar-refractivity contribution in [3.63, 3.8) is 0 Å². The van der Waals surface area contributed by atoms with Crippen molar-refractivity contribution in [2.45, 2.75) is 50.8 Å². The Kier molecular flexibility index (Phi) is 5.82. The molecule has 1 heterocycles. The highest BCUT2D eigenvalue weighted by molar-refractivity contribution is 5.30. The fourth-order valence-electron chi connectivity index (χ4n) is 3.02. The van der Waals surface area contributed by atoms with Crippen molar-refractivity contribution >= 4 is 5.69 Å². The van der Waals surface area contributed by atoms with E-state index in [0.717, 1.165) is 0 Å². The lowest BCUT2D eigenvalue weighted by atomic mass is 9.94. The van der Waals surface area contributed by atoms with Crippen LogP contribution in [0.4, 0.5) is 5.69 Å². The van der Waals surface area contributed by atoms with Crippen molar-refractivity contribution in [1.82, 2.24) is 14.7 Å². The smallest absolute Gasteiger partial charge is 0.0862 e. The molecule has 0 radical (unpaired) electrons. The van der Waals surface area contributed by atoms with Gasteiger partial charge in [-0.2, -0.15) is 5.10 Å². The molecule has 0 amide bonds. The summed E-state index contributed by atoms with van der Waals surface area (Å²) in [5.74, 6) is 0. The van der Waals surface area contributed by atoms with Gasteiger partial charge >= 0.3 is 0 Å². The summed E-state index contributed by atoms with van der Waals surface area (Å²) in [6, 6.07) is 0.494. The van der Waals surface area contributed by atoms with E-state index in [1.165, 1.54) is 32.1 Å². The first-order valence-electron chi connectivity index (χ1n) is 7.50. The molecule has 1 atom stereocenters. The maximum absolute atomic E-state index is 10.2. The molecule has 114 valence electrons. The van der Waals surface area contributed by atoms with Gasteiger partial charge in [0.25, 0.3) is 0 Å². The first-order chi connectivity index (χ1) is 9.69. The molecule has 0 aliphatic heterocycles. The van der Waals surface area contributed by atoms with Gasteiger partial charge in [-0.1, -0.05) is 19.3 Å². The monoisotopic (exact) mass is 282 g/mol. The van der Waals surface area contributed by atoms with E-state index in [9.17, 15) is 10.2 Å². The maximum atomic E-state index is 10.2. The Balaban J connectivity index is 1.86. The Hall–Kier alpha value is -1.11. The third-order valence-corrected chi connectivity index (χ3v) is 3.97. The lowest BCUT2D eigenvalue weighted by Crippen LogP contribution is -2.44. The average Bonchev–Trinajstić information content (AvgIpc) is 2.84. The molecule has 2 rings (SSSR count). The third kappa shape index (κ3) is 4.47. The second-order valence-corrected chi connectivity index (χ2v) is 5.66. The van der Waals surface area contributed by atoms with Crippen molar-refractivity contribution in [3.05, 3.63) is 12.4 Å². The number of aliphatic hydroxyl groups is 2. The number of aromatic nitrogens is 2. The highest BCUT2D eigenvalue weighted by Gasteiger charge is 2.23. The van der Waals surface area contributed by atoms with E-state index in [4.69, 9.17) is 5.73 Å². The van der Waals surface area contributed by atoms with Crippen molar-refractivity contribution in [2.24, 2.45) is 0 Å². The lowest BCUT2D eigenvalue weighted by molar-refractivity contribution is 0.0508. The molecule has 1 aromatic rings. The Labute approximate surface area is 120 Å². The Bertz CT molecular complexity index is 390. The van der Waals surface area contributed by atoms with Gasteiger partial charge in [0.1, 0.15) is 0 Å². The van der Waals surface area contributed by atoms with Crippen LogP contribution in [0.15, 0.2) is 12.4 Å². The summed E-state index contributed by atoms with van der Waals surface area (Å²) in [7, 11) is 0. The van der Waals surface area contributed by atoms with Crippen LogP contribution in [0.5, 0.6) is 0 Å². The molecular weight excluding hydrogens is 256 g/mol. The van der Waals surface area contributed by atoms with Crippen LogP contribution in [0.3, 0.4) is 0 Å². The van der Waals surface area contributed by atoms with E-state index >= 15 is 0 Å². The zero-order chi connectivity index (χ0) is 14.4. The van der Waals surface area contributed by atoms with Crippen LogP contribution < -0.4 is 5.73 Å². The number of anilines is 1. The van der Waals surface area contributed by atoms with Gasteiger partial charge in [-0.15, -0.1) is 0 Å². The minimum atomic E-state index is -0.497. The second kappa shape index (κ2) is 7.61. The summed E-state index contributed by atoms with van der Waals surface area (Å²) >= 11 is 0.